The van der Waals surface area contributed by atoms with Gasteiger partial charge in [0.2, 0.25) is 0 Å². The molecule has 146 valence electrons. The molecular formula is C17H23F3N2O4. The van der Waals surface area contributed by atoms with Crippen LogP contribution in [0.4, 0.5) is 13.2 Å². The molecule has 0 aliphatic heterocycles. The fourth-order valence-corrected chi connectivity index (χ4v) is 2.56. The van der Waals surface area contributed by atoms with Crippen molar-refractivity contribution < 1.29 is 27.5 Å². The zero-order chi connectivity index (χ0) is 20.2. The molecule has 0 aromatic carbocycles. The number of carbonyl (C=O) groups excluding carboxylic acids is 2. The monoisotopic (exact) mass is 376 g/mol. The Balaban J connectivity index is 2.87. The van der Waals surface area contributed by atoms with Gasteiger partial charge in [0.25, 0.3) is 11.5 Å². The van der Waals surface area contributed by atoms with Crippen LogP contribution in [0, 0.1) is 0 Å². The highest BCUT2D eigenvalue weighted by atomic mass is 19.4. The third kappa shape index (κ3) is 5.60. The molecule has 0 aliphatic carbocycles. The molecule has 1 aromatic heterocycles. The van der Waals surface area contributed by atoms with Crippen LogP contribution in [-0.2, 0) is 27.0 Å². The van der Waals surface area contributed by atoms with E-state index in [1.807, 2.05) is 27.7 Å². The van der Waals surface area contributed by atoms with E-state index in [1.165, 1.54) is 11.8 Å². The van der Waals surface area contributed by atoms with E-state index >= 15 is 0 Å². The minimum atomic E-state index is -4.64. The minimum absolute atomic E-state index is 0.116. The maximum absolute atomic E-state index is 12.7. The number of amides is 1. The molecule has 6 nitrogen and oxygen atoms in total. The van der Waals surface area contributed by atoms with Gasteiger partial charge in [-0.2, -0.15) is 13.2 Å². The van der Waals surface area contributed by atoms with Gasteiger partial charge in [0, 0.05) is 24.3 Å². The Morgan fingerprint density at radius 2 is 1.65 bits per heavy atom. The lowest BCUT2D eigenvalue weighted by atomic mass is 10.2. The van der Waals surface area contributed by atoms with Gasteiger partial charge in [-0.1, -0.05) is 0 Å². The van der Waals surface area contributed by atoms with Crippen LogP contribution in [0.3, 0.4) is 0 Å². The molecule has 0 saturated carbocycles. The second-order valence-electron chi connectivity index (χ2n) is 6.45. The number of halogens is 3. The number of ether oxygens (including phenoxy) is 1. The molecule has 0 fully saturated rings. The van der Waals surface area contributed by atoms with Crippen LogP contribution in [0.1, 0.15) is 40.2 Å². The Morgan fingerprint density at radius 3 is 2.12 bits per heavy atom. The van der Waals surface area contributed by atoms with Gasteiger partial charge in [0.1, 0.15) is 6.54 Å². The molecule has 1 aromatic rings. The van der Waals surface area contributed by atoms with Gasteiger partial charge in [0.05, 0.1) is 5.56 Å². The lowest BCUT2D eigenvalue weighted by Crippen LogP contribution is -2.47. The highest BCUT2D eigenvalue weighted by Crippen LogP contribution is 2.28. The minimum Gasteiger partial charge on any atom is -0.451 e. The van der Waals surface area contributed by atoms with Gasteiger partial charge in [-0.25, -0.2) is 0 Å². The summed E-state index contributed by atoms with van der Waals surface area (Å²) >= 11 is 0. The molecule has 0 bridgehead atoms. The van der Waals surface area contributed by atoms with Crippen molar-refractivity contribution in [3.05, 3.63) is 34.2 Å². The maximum Gasteiger partial charge on any atom is 0.417 e. The zero-order valence-corrected chi connectivity index (χ0v) is 15.3. The van der Waals surface area contributed by atoms with Crippen LogP contribution in [0.5, 0.6) is 0 Å². The number of esters is 1. The van der Waals surface area contributed by atoms with Crippen LogP contribution in [0.25, 0.3) is 0 Å². The normalized spacial score (nSPS) is 13.0. The molecule has 1 atom stereocenters. The summed E-state index contributed by atoms with van der Waals surface area (Å²) < 4.78 is 43.7. The number of carbonyl (C=O) groups is 2. The van der Waals surface area contributed by atoms with Crippen LogP contribution >= 0.6 is 0 Å². The zero-order valence-electron chi connectivity index (χ0n) is 15.3. The predicted molar refractivity (Wildman–Crippen MR) is 88.4 cm³/mol. The Labute approximate surface area is 149 Å². The van der Waals surface area contributed by atoms with E-state index in [-0.39, 0.29) is 12.1 Å². The quantitative estimate of drug-likeness (QED) is 0.715. The Morgan fingerprint density at radius 1 is 1.12 bits per heavy atom. The molecule has 26 heavy (non-hydrogen) atoms. The largest absolute Gasteiger partial charge is 0.451 e. The fourth-order valence-electron chi connectivity index (χ4n) is 2.56. The summed E-state index contributed by atoms with van der Waals surface area (Å²) in [5, 5.41) is 0. The Bertz CT molecular complexity index is 703. The first kappa shape index (κ1) is 21.7. The summed E-state index contributed by atoms with van der Waals surface area (Å²) in [6.45, 7) is 7.92. The summed E-state index contributed by atoms with van der Waals surface area (Å²) in [5.41, 5.74) is -1.83. The van der Waals surface area contributed by atoms with E-state index in [0.717, 1.165) is 6.07 Å². The van der Waals surface area contributed by atoms with Gasteiger partial charge >= 0.3 is 12.1 Å². The van der Waals surface area contributed by atoms with Gasteiger partial charge in [-0.05, 0) is 40.7 Å². The highest BCUT2D eigenvalue weighted by molar-refractivity contribution is 5.83. The number of aromatic nitrogens is 1. The second-order valence-corrected chi connectivity index (χ2v) is 6.45. The number of pyridine rings is 1. The maximum atomic E-state index is 12.7. The number of rotatable bonds is 6. The third-order valence-corrected chi connectivity index (χ3v) is 3.63. The van der Waals surface area contributed by atoms with E-state index in [4.69, 9.17) is 4.74 Å². The number of alkyl halides is 3. The second kappa shape index (κ2) is 8.37. The molecule has 1 rings (SSSR count). The summed E-state index contributed by atoms with van der Waals surface area (Å²) in [7, 11) is 0. The number of nitrogens with zero attached hydrogens (tertiary/aromatic N) is 2. The van der Waals surface area contributed by atoms with Crippen LogP contribution in [0.15, 0.2) is 23.1 Å². The molecule has 1 amide bonds. The molecule has 0 radical (unpaired) electrons. The predicted octanol–water partition coefficient (Wildman–Crippen LogP) is 2.44. The Kier molecular flexibility index (Phi) is 7.00. The standard InChI is InChI=1S/C17H23F3N2O4/c1-10(2)22(11(3)4)16(25)12(5)26-15(24)9-21-8-13(17(18,19)20)6-7-14(21)23/h6-8,10-12H,9H2,1-5H3. The summed E-state index contributed by atoms with van der Waals surface area (Å²) in [4.78, 5) is 37.6. The van der Waals surface area contributed by atoms with Crippen molar-refractivity contribution in [1.29, 1.82) is 0 Å². The van der Waals surface area contributed by atoms with Crippen molar-refractivity contribution in [3.63, 3.8) is 0 Å². The molecule has 0 aliphatic rings. The fraction of sp³-hybridized carbons (Fsp3) is 0.588. The lowest BCUT2D eigenvalue weighted by Gasteiger charge is -2.32. The first-order valence-corrected chi connectivity index (χ1v) is 8.14. The van der Waals surface area contributed by atoms with Crippen molar-refractivity contribution in [3.8, 4) is 0 Å². The van der Waals surface area contributed by atoms with E-state index in [1.54, 1.807) is 0 Å². The van der Waals surface area contributed by atoms with Crippen LogP contribution in [-0.4, -0.2) is 39.5 Å². The highest BCUT2D eigenvalue weighted by Gasteiger charge is 2.31. The van der Waals surface area contributed by atoms with Gasteiger partial charge in [-0.3, -0.25) is 14.4 Å². The summed E-state index contributed by atoms with van der Waals surface area (Å²) in [6.07, 6.45) is -5.21. The lowest BCUT2D eigenvalue weighted by molar-refractivity contribution is -0.161. The van der Waals surface area contributed by atoms with E-state index in [2.05, 4.69) is 0 Å². The average molecular weight is 376 g/mol. The van der Waals surface area contributed by atoms with Crippen molar-refractivity contribution in [2.75, 3.05) is 0 Å². The molecule has 0 spiro atoms. The summed E-state index contributed by atoms with van der Waals surface area (Å²) in [6, 6.07) is 1.13. The van der Waals surface area contributed by atoms with E-state index < -0.39 is 41.8 Å². The van der Waals surface area contributed by atoms with Gasteiger partial charge < -0.3 is 14.2 Å². The smallest absolute Gasteiger partial charge is 0.417 e. The molecule has 0 N–H and O–H groups in total. The van der Waals surface area contributed by atoms with E-state index in [9.17, 15) is 27.6 Å². The average Bonchev–Trinajstić information content (AvgIpc) is 2.47. The SMILES string of the molecule is CC(OC(=O)Cn1cc(C(F)(F)F)ccc1=O)C(=O)N(C(C)C)C(C)C. The topological polar surface area (TPSA) is 68.6 Å². The van der Waals surface area contributed by atoms with Crippen molar-refractivity contribution in [2.24, 2.45) is 0 Å². The molecular weight excluding hydrogens is 353 g/mol. The molecule has 0 saturated heterocycles. The van der Waals surface area contributed by atoms with Gasteiger partial charge in [0.15, 0.2) is 6.10 Å². The number of hydrogen-bond acceptors (Lipinski definition) is 4. The summed E-state index contributed by atoms with van der Waals surface area (Å²) in [5.74, 6) is -1.39. The first-order chi connectivity index (χ1) is 11.8. The van der Waals surface area contributed by atoms with Gasteiger partial charge in [-0.15, -0.1) is 0 Å². The van der Waals surface area contributed by atoms with Crippen molar-refractivity contribution >= 4 is 11.9 Å². The van der Waals surface area contributed by atoms with Crippen LogP contribution in [0.2, 0.25) is 0 Å². The van der Waals surface area contributed by atoms with E-state index in [0.29, 0.717) is 16.8 Å². The molecule has 1 heterocycles. The van der Waals surface area contributed by atoms with Crippen LogP contribution < -0.4 is 5.56 Å². The number of hydrogen-bond donors (Lipinski definition) is 0. The first-order valence-electron chi connectivity index (χ1n) is 8.14. The third-order valence-electron chi connectivity index (χ3n) is 3.63. The molecule has 9 heteroatoms. The van der Waals surface area contributed by atoms with Crippen molar-refractivity contribution in [2.45, 2.75) is 65.5 Å². The Hall–Kier alpha value is -2.32. The molecule has 1 unspecified atom stereocenters. The van der Waals surface area contributed by atoms with Crippen molar-refractivity contribution in [1.82, 2.24) is 9.47 Å².